The molecule has 2 aliphatic heterocycles. The number of hydrogen-bond acceptors (Lipinski definition) is 3. The van der Waals surface area contributed by atoms with E-state index in [4.69, 9.17) is 0 Å². The van der Waals surface area contributed by atoms with Gasteiger partial charge in [-0.25, -0.2) is 0 Å². The van der Waals surface area contributed by atoms with Crippen molar-refractivity contribution >= 4 is 5.69 Å². The molecule has 1 saturated heterocycles. The number of nitrogens with zero attached hydrogens (tertiary/aromatic N) is 1. The summed E-state index contributed by atoms with van der Waals surface area (Å²) in [5.41, 5.74) is 4.29. The number of likely N-dealkylation sites (N-methyl/N-ethyl adjacent to an activating group) is 1. The van der Waals surface area contributed by atoms with E-state index < -0.39 is 0 Å². The Morgan fingerprint density at radius 1 is 1.29 bits per heavy atom. The lowest BCUT2D eigenvalue weighted by Gasteiger charge is -2.34. The van der Waals surface area contributed by atoms with Crippen molar-refractivity contribution in [2.24, 2.45) is 0 Å². The molecule has 0 radical (unpaired) electrons. The molecule has 3 heteroatoms. The van der Waals surface area contributed by atoms with Crippen LogP contribution in [-0.2, 0) is 6.42 Å². The second-order valence-electron chi connectivity index (χ2n) is 5.15. The minimum absolute atomic E-state index is 0.538. The van der Waals surface area contributed by atoms with Gasteiger partial charge in [0.15, 0.2) is 0 Å². The highest BCUT2D eigenvalue weighted by molar-refractivity contribution is 5.54. The summed E-state index contributed by atoms with van der Waals surface area (Å²) in [7, 11) is 2.23. The monoisotopic (exact) mass is 231 g/mol. The lowest BCUT2D eigenvalue weighted by Crippen LogP contribution is -2.43. The Bertz CT molecular complexity index is 402. The normalized spacial score (nSPS) is 25.1. The van der Waals surface area contributed by atoms with E-state index in [1.807, 2.05) is 0 Å². The number of aryl methyl sites for hydroxylation is 1. The first-order valence-electron chi connectivity index (χ1n) is 6.62. The highest BCUT2D eigenvalue weighted by Crippen LogP contribution is 2.28. The summed E-state index contributed by atoms with van der Waals surface area (Å²) in [6.07, 6.45) is 2.48. The van der Waals surface area contributed by atoms with Crippen LogP contribution < -0.4 is 10.6 Å². The van der Waals surface area contributed by atoms with Crippen LogP contribution in [0.1, 0.15) is 23.6 Å². The molecule has 0 amide bonds. The lowest BCUT2D eigenvalue weighted by molar-refractivity contribution is 0.202. The van der Waals surface area contributed by atoms with Gasteiger partial charge in [0.25, 0.3) is 0 Å². The molecule has 2 N–H and O–H groups in total. The number of fused-ring (bicyclic) bond motifs is 1. The lowest BCUT2D eigenvalue weighted by atomic mass is 9.96. The second kappa shape index (κ2) is 4.67. The molecule has 1 fully saturated rings. The molecule has 1 aromatic carbocycles. The molecule has 0 aliphatic carbocycles. The van der Waals surface area contributed by atoms with E-state index in [0.717, 1.165) is 26.2 Å². The van der Waals surface area contributed by atoms with E-state index in [-0.39, 0.29) is 0 Å². The molecule has 0 spiro atoms. The molecule has 0 saturated carbocycles. The molecule has 2 heterocycles. The Morgan fingerprint density at radius 3 is 3.12 bits per heavy atom. The van der Waals surface area contributed by atoms with Gasteiger partial charge in [-0.2, -0.15) is 0 Å². The molecule has 1 unspecified atom stereocenters. The van der Waals surface area contributed by atoms with Crippen LogP contribution in [0.15, 0.2) is 18.2 Å². The van der Waals surface area contributed by atoms with Crippen molar-refractivity contribution in [3.8, 4) is 0 Å². The van der Waals surface area contributed by atoms with Gasteiger partial charge in [0.05, 0.1) is 0 Å². The van der Waals surface area contributed by atoms with Crippen molar-refractivity contribution in [1.82, 2.24) is 10.2 Å². The SMILES string of the molecule is CN1CCNCC1c1ccc2c(c1)CCCN2. The van der Waals surface area contributed by atoms with Crippen molar-refractivity contribution in [1.29, 1.82) is 0 Å². The van der Waals surface area contributed by atoms with E-state index in [1.165, 1.54) is 29.7 Å². The minimum atomic E-state index is 0.538. The van der Waals surface area contributed by atoms with Crippen LogP contribution in [-0.4, -0.2) is 38.1 Å². The van der Waals surface area contributed by atoms with Gasteiger partial charge in [-0.1, -0.05) is 12.1 Å². The largest absolute Gasteiger partial charge is 0.385 e. The van der Waals surface area contributed by atoms with Crippen LogP contribution in [0.2, 0.25) is 0 Å². The summed E-state index contributed by atoms with van der Waals surface area (Å²) in [6.45, 7) is 4.44. The zero-order chi connectivity index (χ0) is 11.7. The van der Waals surface area contributed by atoms with Gasteiger partial charge < -0.3 is 10.6 Å². The summed E-state index contributed by atoms with van der Waals surface area (Å²) in [5.74, 6) is 0. The van der Waals surface area contributed by atoms with Gasteiger partial charge in [0, 0.05) is 37.9 Å². The van der Waals surface area contributed by atoms with Gasteiger partial charge in [-0.05, 0) is 37.1 Å². The molecule has 3 rings (SSSR count). The van der Waals surface area contributed by atoms with Crippen LogP contribution in [0, 0.1) is 0 Å². The standard InChI is InChI=1S/C14H21N3/c1-17-8-7-15-10-14(17)12-4-5-13-11(9-12)3-2-6-16-13/h4-5,9,14-16H,2-3,6-8,10H2,1H3. The summed E-state index contributed by atoms with van der Waals surface area (Å²) < 4.78 is 0. The van der Waals surface area contributed by atoms with E-state index in [1.54, 1.807) is 0 Å². The van der Waals surface area contributed by atoms with Crippen molar-refractivity contribution in [2.45, 2.75) is 18.9 Å². The molecule has 0 aromatic heterocycles. The molecule has 3 nitrogen and oxygen atoms in total. The van der Waals surface area contributed by atoms with E-state index in [9.17, 15) is 0 Å². The number of rotatable bonds is 1. The molecule has 1 aromatic rings. The third-order valence-electron chi connectivity index (χ3n) is 3.96. The quantitative estimate of drug-likeness (QED) is 0.769. The zero-order valence-corrected chi connectivity index (χ0v) is 10.5. The predicted molar refractivity (Wildman–Crippen MR) is 71.5 cm³/mol. The summed E-state index contributed by atoms with van der Waals surface area (Å²) in [6, 6.07) is 7.48. The average Bonchev–Trinajstić information content (AvgIpc) is 2.39. The topological polar surface area (TPSA) is 27.3 Å². The number of anilines is 1. The Morgan fingerprint density at radius 2 is 2.24 bits per heavy atom. The molecular weight excluding hydrogens is 210 g/mol. The Hall–Kier alpha value is -1.06. The van der Waals surface area contributed by atoms with Crippen LogP contribution in [0.5, 0.6) is 0 Å². The molecule has 17 heavy (non-hydrogen) atoms. The first-order valence-corrected chi connectivity index (χ1v) is 6.62. The fourth-order valence-electron chi connectivity index (χ4n) is 2.88. The van der Waals surface area contributed by atoms with Crippen LogP contribution in [0.25, 0.3) is 0 Å². The molecule has 92 valence electrons. The highest BCUT2D eigenvalue weighted by atomic mass is 15.2. The van der Waals surface area contributed by atoms with Gasteiger partial charge in [0.1, 0.15) is 0 Å². The molecule has 2 aliphatic rings. The van der Waals surface area contributed by atoms with Crippen molar-refractivity contribution in [3.05, 3.63) is 29.3 Å². The summed E-state index contributed by atoms with van der Waals surface area (Å²) >= 11 is 0. The maximum atomic E-state index is 3.49. The average molecular weight is 231 g/mol. The minimum Gasteiger partial charge on any atom is -0.385 e. The maximum Gasteiger partial charge on any atom is 0.0470 e. The third kappa shape index (κ3) is 2.17. The highest BCUT2D eigenvalue weighted by Gasteiger charge is 2.21. The fourth-order valence-corrected chi connectivity index (χ4v) is 2.88. The summed E-state index contributed by atoms with van der Waals surface area (Å²) in [4.78, 5) is 2.45. The number of hydrogen-bond donors (Lipinski definition) is 2. The fraction of sp³-hybridized carbons (Fsp3) is 0.571. The van der Waals surface area contributed by atoms with Crippen molar-refractivity contribution in [3.63, 3.8) is 0 Å². The molecule has 1 atom stereocenters. The van der Waals surface area contributed by atoms with Crippen molar-refractivity contribution < 1.29 is 0 Å². The summed E-state index contributed by atoms with van der Waals surface area (Å²) in [5, 5.41) is 6.96. The number of benzene rings is 1. The van der Waals surface area contributed by atoms with E-state index in [0.29, 0.717) is 6.04 Å². The second-order valence-corrected chi connectivity index (χ2v) is 5.15. The smallest absolute Gasteiger partial charge is 0.0470 e. The molecule has 0 bridgehead atoms. The third-order valence-corrected chi connectivity index (χ3v) is 3.96. The number of piperazine rings is 1. The van der Waals surface area contributed by atoms with Crippen molar-refractivity contribution in [2.75, 3.05) is 38.5 Å². The van der Waals surface area contributed by atoms with Crippen LogP contribution in [0.3, 0.4) is 0 Å². The maximum absolute atomic E-state index is 3.49. The Labute approximate surface area is 103 Å². The van der Waals surface area contributed by atoms with E-state index in [2.05, 4.69) is 40.8 Å². The van der Waals surface area contributed by atoms with Crippen LogP contribution >= 0.6 is 0 Å². The van der Waals surface area contributed by atoms with Gasteiger partial charge in [0.2, 0.25) is 0 Å². The Kier molecular flexibility index (Phi) is 3.04. The van der Waals surface area contributed by atoms with Gasteiger partial charge in [-0.15, -0.1) is 0 Å². The van der Waals surface area contributed by atoms with Crippen LogP contribution in [0.4, 0.5) is 5.69 Å². The first-order chi connectivity index (χ1) is 8.34. The van der Waals surface area contributed by atoms with Gasteiger partial charge >= 0.3 is 0 Å². The van der Waals surface area contributed by atoms with Gasteiger partial charge in [-0.3, -0.25) is 4.90 Å². The zero-order valence-electron chi connectivity index (χ0n) is 10.5. The first kappa shape index (κ1) is 11.1. The predicted octanol–water partition coefficient (Wildman–Crippen LogP) is 1.62. The molecular formula is C14H21N3. The Balaban J connectivity index is 1.87. The van der Waals surface area contributed by atoms with E-state index >= 15 is 0 Å². The number of nitrogens with one attached hydrogen (secondary N) is 2.